The van der Waals surface area contributed by atoms with Gasteiger partial charge in [-0.15, -0.1) is 0 Å². The zero-order valence-corrected chi connectivity index (χ0v) is 7.56. The number of aliphatic hydroxyl groups excluding tert-OH is 1. The van der Waals surface area contributed by atoms with E-state index in [0.29, 0.717) is 0 Å². The van der Waals surface area contributed by atoms with E-state index in [4.69, 9.17) is 0 Å². The quantitative estimate of drug-likeness (QED) is 0.708. The van der Waals surface area contributed by atoms with Crippen molar-refractivity contribution < 1.29 is 5.11 Å². The fourth-order valence-corrected chi connectivity index (χ4v) is 2.00. The molecule has 0 unspecified atom stereocenters. The number of aromatic nitrogens is 2. The van der Waals surface area contributed by atoms with Gasteiger partial charge in [-0.2, -0.15) is 0 Å². The third-order valence-electron chi connectivity index (χ3n) is 2.74. The van der Waals surface area contributed by atoms with Crippen LogP contribution in [0.5, 0.6) is 0 Å². The molecule has 1 N–H and O–H groups in total. The van der Waals surface area contributed by atoms with Crippen LogP contribution in [0.4, 0.5) is 0 Å². The molecule has 0 aromatic carbocycles. The third kappa shape index (κ3) is 1.86. The SMILES string of the molecule is O[C@H]1CCCC[C@@H]1c1cncnc1. The van der Waals surface area contributed by atoms with Crippen molar-refractivity contribution in [3.8, 4) is 0 Å². The largest absolute Gasteiger partial charge is 0.392 e. The molecule has 1 aliphatic rings. The molecule has 2 rings (SSSR count). The van der Waals surface area contributed by atoms with Crippen LogP contribution in [0, 0.1) is 0 Å². The van der Waals surface area contributed by atoms with Crippen molar-refractivity contribution in [2.45, 2.75) is 37.7 Å². The lowest BCUT2D eigenvalue weighted by atomic mass is 9.83. The predicted molar refractivity (Wildman–Crippen MR) is 49.2 cm³/mol. The molecule has 0 aliphatic heterocycles. The normalized spacial score (nSPS) is 28.7. The van der Waals surface area contributed by atoms with Gasteiger partial charge in [-0.1, -0.05) is 12.8 Å². The highest BCUT2D eigenvalue weighted by Gasteiger charge is 2.24. The molecule has 0 radical (unpaired) electrons. The van der Waals surface area contributed by atoms with Gasteiger partial charge >= 0.3 is 0 Å². The Bertz CT molecular complexity index is 263. The number of rotatable bonds is 1. The molecule has 1 aliphatic carbocycles. The zero-order chi connectivity index (χ0) is 9.10. The van der Waals surface area contributed by atoms with E-state index in [1.54, 1.807) is 0 Å². The zero-order valence-electron chi connectivity index (χ0n) is 7.56. The standard InChI is InChI=1S/C10H14N2O/c13-10-4-2-1-3-9(10)8-5-11-7-12-6-8/h5-7,9-10,13H,1-4H2/t9-,10+/m1/s1. The van der Waals surface area contributed by atoms with Gasteiger partial charge in [0.15, 0.2) is 0 Å². The Balaban J connectivity index is 2.15. The van der Waals surface area contributed by atoms with Gasteiger partial charge in [0.25, 0.3) is 0 Å². The van der Waals surface area contributed by atoms with Gasteiger partial charge in [0, 0.05) is 18.3 Å². The van der Waals surface area contributed by atoms with Gasteiger partial charge in [0.2, 0.25) is 0 Å². The first kappa shape index (κ1) is 8.63. The van der Waals surface area contributed by atoms with Crippen molar-refractivity contribution in [1.82, 2.24) is 9.97 Å². The molecule has 3 heteroatoms. The fraction of sp³-hybridized carbons (Fsp3) is 0.600. The highest BCUT2D eigenvalue weighted by atomic mass is 16.3. The van der Waals surface area contributed by atoms with E-state index in [1.807, 2.05) is 12.4 Å². The van der Waals surface area contributed by atoms with Gasteiger partial charge in [-0.25, -0.2) is 9.97 Å². The Hall–Kier alpha value is -0.960. The second-order valence-electron chi connectivity index (χ2n) is 3.63. The monoisotopic (exact) mass is 178 g/mol. The van der Waals surface area contributed by atoms with Gasteiger partial charge in [0.05, 0.1) is 6.10 Å². The summed E-state index contributed by atoms with van der Waals surface area (Å²) >= 11 is 0. The van der Waals surface area contributed by atoms with E-state index in [-0.39, 0.29) is 12.0 Å². The number of nitrogens with zero attached hydrogens (tertiary/aromatic N) is 2. The average Bonchev–Trinajstić information content (AvgIpc) is 2.20. The van der Waals surface area contributed by atoms with Crippen molar-refractivity contribution in [1.29, 1.82) is 0 Å². The Kier molecular flexibility index (Phi) is 2.54. The van der Waals surface area contributed by atoms with E-state index < -0.39 is 0 Å². The molecule has 0 amide bonds. The van der Waals surface area contributed by atoms with E-state index >= 15 is 0 Å². The summed E-state index contributed by atoms with van der Waals surface area (Å²) in [6, 6.07) is 0. The number of aliphatic hydroxyl groups is 1. The van der Waals surface area contributed by atoms with Crippen molar-refractivity contribution >= 4 is 0 Å². The third-order valence-corrected chi connectivity index (χ3v) is 2.74. The molecule has 1 heterocycles. The topological polar surface area (TPSA) is 46.0 Å². The van der Waals surface area contributed by atoms with Crippen LogP contribution in [0.2, 0.25) is 0 Å². The number of hydrogen-bond donors (Lipinski definition) is 1. The van der Waals surface area contributed by atoms with Crippen molar-refractivity contribution in [2.75, 3.05) is 0 Å². The molecular weight excluding hydrogens is 164 g/mol. The maximum Gasteiger partial charge on any atom is 0.115 e. The molecule has 1 aromatic heterocycles. The Morgan fingerprint density at radius 1 is 1.15 bits per heavy atom. The summed E-state index contributed by atoms with van der Waals surface area (Å²) in [6.07, 6.45) is 9.28. The van der Waals surface area contributed by atoms with Crippen LogP contribution < -0.4 is 0 Å². The minimum absolute atomic E-state index is 0.195. The predicted octanol–water partition coefficient (Wildman–Crippen LogP) is 1.50. The van der Waals surface area contributed by atoms with Gasteiger partial charge in [-0.05, 0) is 18.4 Å². The van der Waals surface area contributed by atoms with Crippen molar-refractivity contribution in [3.63, 3.8) is 0 Å². The Labute approximate surface area is 77.8 Å². The van der Waals surface area contributed by atoms with E-state index in [2.05, 4.69) is 9.97 Å². The summed E-state index contributed by atoms with van der Waals surface area (Å²) in [5, 5.41) is 9.77. The fourth-order valence-electron chi connectivity index (χ4n) is 2.00. The van der Waals surface area contributed by atoms with E-state index in [1.165, 1.54) is 12.7 Å². The van der Waals surface area contributed by atoms with Crippen LogP contribution in [0.1, 0.15) is 37.2 Å². The first-order chi connectivity index (χ1) is 6.38. The number of hydrogen-bond acceptors (Lipinski definition) is 3. The Morgan fingerprint density at radius 2 is 1.85 bits per heavy atom. The summed E-state index contributed by atoms with van der Waals surface area (Å²) in [6.45, 7) is 0. The minimum Gasteiger partial charge on any atom is -0.392 e. The van der Waals surface area contributed by atoms with Crippen LogP contribution in [0.25, 0.3) is 0 Å². The summed E-state index contributed by atoms with van der Waals surface area (Å²) in [5.74, 6) is 0.259. The molecule has 0 saturated heterocycles. The van der Waals surface area contributed by atoms with Crippen LogP contribution in [-0.2, 0) is 0 Å². The molecule has 2 atom stereocenters. The van der Waals surface area contributed by atoms with Gasteiger partial charge < -0.3 is 5.11 Å². The molecular formula is C10H14N2O. The summed E-state index contributed by atoms with van der Waals surface area (Å²) in [5.41, 5.74) is 1.08. The maximum absolute atomic E-state index is 9.77. The maximum atomic E-state index is 9.77. The molecule has 3 nitrogen and oxygen atoms in total. The molecule has 0 spiro atoms. The lowest BCUT2D eigenvalue weighted by Gasteiger charge is -2.27. The van der Waals surface area contributed by atoms with Crippen LogP contribution in [0.3, 0.4) is 0 Å². The summed E-state index contributed by atoms with van der Waals surface area (Å²) < 4.78 is 0. The van der Waals surface area contributed by atoms with Crippen LogP contribution in [0.15, 0.2) is 18.7 Å². The van der Waals surface area contributed by atoms with E-state index in [9.17, 15) is 5.11 Å². The molecule has 1 aromatic rings. The van der Waals surface area contributed by atoms with Gasteiger partial charge in [-0.3, -0.25) is 0 Å². The molecule has 13 heavy (non-hydrogen) atoms. The van der Waals surface area contributed by atoms with Crippen molar-refractivity contribution in [2.24, 2.45) is 0 Å². The summed E-state index contributed by atoms with van der Waals surface area (Å²) in [7, 11) is 0. The van der Waals surface area contributed by atoms with Crippen LogP contribution in [-0.4, -0.2) is 21.2 Å². The lowest BCUT2D eigenvalue weighted by Crippen LogP contribution is -2.22. The highest BCUT2D eigenvalue weighted by molar-refractivity contribution is 5.12. The second-order valence-corrected chi connectivity index (χ2v) is 3.63. The smallest absolute Gasteiger partial charge is 0.115 e. The average molecular weight is 178 g/mol. The molecule has 70 valence electrons. The van der Waals surface area contributed by atoms with E-state index in [0.717, 1.165) is 24.8 Å². The second kappa shape index (κ2) is 3.83. The molecule has 1 fully saturated rings. The lowest BCUT2D eigenvalue weighted by molar-refractivity contribution is 0.106. The van der Waals surface area contributed by atoms with Crippen molar-refractivity contribution in [3.05, 3.63) is 24.3 Å². The van der Waals surface area contributed by atoms with Crippen LogP contribution >= 0.6 is 0 Å². The van der Waals surface area contributed by atoms with Gasteiger partial charge in [0.1, 0.15) is 6.33 Å². The highest BCUT2D eigenvalue weighted by Crippen LogP contribution is 2.31. The first-order valence-electron chi connectivity index (χ1n) is 4.81. The molecule has 0 bridgehead atoms. The summed E-state index contributed by atoms with van der Waals surface area (Å²) in [4.78, 5) is 7.94. The molecule has 1 saturated carbocycles. The minimum atomic E-state index is -0.195. The first-order valence-corrected chi connectivity index (χ1v) is 4.81. The Morgan fingerprint density at radius 3 is 2.54 bits per heavy atom.